The van der Waals surface area contributed by atoms with Crippen molar-refractivity contribution in [2.75, 3.05) is 39.4 Å². The van der Waals surface area contributed by atoms with Crippen LogP contribution in [0.15, 0.2) is 60.7 Å². The summed E-state index contributed by atoms with van der Waals surface area (Å²) in [5.74, 6) is -69.9. The van der Waals surface area contributed by atoms with Gasteiger partial charge in [-0.1, -0.05) is 74.5 Å². The van der Waals surface area contributed by atoms with E-state index in [1.54, 1.807) is 0 Å². The fraction of sp³-hybridized carbons (Fsp3) is 0.283. The van der Waals surface area contributed by atoms with Crippen LogP contribution in [0.1, 0.15) is 45.2 Å². The van der Waals surface area contributed by atoms with Crippen LogP contribution in [0.2, 0.25) is 0 Å². The maximum absolute atomic E-state index is 15.4. The molecule has 1 radical (unpaired) electrons. The molecule has 6 aromatic carbocycles. The number of nitrogens with two attached hydrogens (primary N) is 4. The van der Waals surface area contributed by atoms with Gasteiger partial charge in [-0.15, -0.1) is 21.9 Å². The zero-order valence-electron chi connectivity index (χ0n) is 44.3. The van der Waals surface area contributed by atoms with Gasteiger partial charge in [0.2, 0.25) is 0 Å². The summed E-state index contributed by atoms with van der Waals surface area (Å²) in [6.45, 7) is 12.8. The third-order valence-corrected chi connectivity index (χ3v) is 11.1. The number of hydrogen-bond donors (Lipinski definition) is 4. The van der Waals surface area contributed by atoms with E-state index < -0.39 is 144 Å². The van der Waals surface area contributed by atoms with Gasteiger partial charge < -0.3 is 54.9 Å². The predicted octanol–water partition coefficient (Wildman–Crippen LogP) is 7.73. The first-order valence-corrected chi connectivity index (χ1v) is 22.9. The van der Waals surface area contributed by atoms with Gasteiger partial charge in [0.25, 0.3) is 0 Å². The van der Waals surface area contributed by atoms with Gasteiger partial charge >= 0.3 is 34.1 Å². The first-order chi connectivity index (χ1) is 36.2. The van der Waals surface area contributed by atoms with Gasteiger partial charge in [-0.3, -0.25) is 0 Å². The Morgan fingerprint density at radius 2 is 0.524 bits per heavy atom. The van der Waals surface area contributed by atoms with Gasteiger partial charge in [-0.25, -0.2) is 87.8 Å². The number of rotatable bonds is 14. The molecule has 0 aliphatic heterocycles. The molecule has 0 bridgehead atoms. The van der Waals surface area contributed by atoms with Gasteiger partial charge in [0.1, 0.15) is 52.7 Å². The second kappa shape index (κ2) is 38.9. The summed E-state index contributed by atoms with van der Waals surface area (Å²) < 4.78 is 299. The number of benzene rings is 6. The van der Waals surface area contributed by atoms with Crippen LogP contribution in [0.3, 0.4) is 0 Å². The van der Waals surface area contributed by atoms with Crippen LogP contribution < -0.4 is 57.2 Å². The summed E-state index contributed by atoms with van der Waals surface area (Å²) in [7, 11) is 0. The minimum absolute atomic E-state index is 0. The fourth-order valence-corrected chi connectivity index (χ4v) is 7.96. The average Bonchev–Trinajstić information content (AvgIpc) is 3.41. The van der Waals surface area contributed by atoms with Crippen molar-refractivity contribution in [3.63, 3.8) is 0 Å². The van der Waals surface area contributed by atoms with Gasteiger partial charge in [-0.2, -0.15) is 0 Å². The van der Waals surface area contributed by atoms with Crippen LogP contribution in [0.4, 0.5) is 87.8 Å². The molecule has 2 atom stereocenters. The topological polar surface area (TPSA) is 113 Å². The second-order valence-electron chi connectivity index (χ2n) is 16.6. The molecule has 0 aliphatic carbocycles. The maximum atomic E-state index is 15.4. The van der Waals surface area contributed by atoms with Crippen LogP contribution >= 0.6 is 0 Å². The molecule has 0 amide bonds. The minimum Gasteiger partial charge on any atom is -1.00 e. The van der Waals surface area contributed by atoms with Crippen molar-refractivity contribution in [2.45, 2.75) is 47.0 Å². The molecule has 0 heterocycles. The Kier molecular flexibility index (Phi) is 39.6. The zero-order chi connectivity index (χ0) is 58.8. The van der Waals surface area contributed by atoms with Crippen LogP contribution in [0.5, 0.6) is 0 Å². The molecule has 0 saturated heterocycles. The monoisotopic (exact) mass is 1300 g/mol. The van der Waals surface area contributed by atoms with Crippen molar-refractivity contribution in [1.82, 2.24) is 0 Å². The van der Waals surface area contributed by atoms with Gasteiger partial charge in [-0.05, 0) is 56.1 Å². The van der Waals surface area contributed by atoms with Crippen molar-refractivity contribution in [3.8, 4) is 0 Å². The summed E-state index contributed by atoms with van der Waals surface area (Å²) in [5.41, 5.74) is 8.20. The van der Waals surface area contributed by atoms with Gasteiger partial charge in [0, 0.05) is 39.4 Å². The zero-order valence-corrected chi connectivity index (χ0v) is 47.3. The first-order valence-electron chi connectivity index (χ1n) is 22.9. The molecule has 82 heavy (non-hydrogen) atoms. The SMILES string of the molecule is CC(Cc1ccccc1)CC(C)Cc1ccccc1.CCOCC.Fc1c(F)c(F)c([B-](c2c(F)c(F)c(F)c(F)c2F)(c2c(F)c(F)c(F)c(F)c2F)c2c(F)c(F)c(F)c(F)c2F)c(F)c1F.NCCN.NCCN.[CH3-].[CH3-].[Cl-].[Co+2].[Cr+2]. The van der Waals surface area contributed by atoms with Crippen LogP contribution in [-0.2, 0) is 51.7 Å². The molecule has 0 spiro atoms. The third kappa shape index (κ3) is 19.1. The number of halogens is 21. The Balaban J connectivity index is -0.000000680. The molecule has 2 unspecified atom stereocenters. The van der Waals surface area contributed by atoms with E-state index >= 15 is 35.1 Å². The predicted molar refractivity (Wildman–Crippen MR) is 264 cm³/mol. The summed E-state index contributed by atoms with van der Waals surface area (Å²) in [6, 6.07) is 21.7. The first kappa shape index (κ1) is 83.6. The second-order valence-corrected chi connectivity index (χ2v) is 16.6. The molecule has 8 N–H and O–H groups in total. The maximum Gasteiger partial charge on any atom is 2.00 e. The van der Waals surface area contributed by atoms with E-state index in [1.165, 1.54) is 30.4 Å². The van der Waals surface area contributed by atoms with Crippen LogP contribution in [-0.4, -0.2) is 45.5 Å². The standard InChI is InChI=1S/C24BF20.C19H24.C4H10O.2C2H8N2.2CH3.ClH.Co.Cr/c26-5-1(6(27)14(35)21(42)13(5)34)25(2-7(28)15(36)22(43)16(37)8(2)29,3-9(30)17(38)23(44)18(39)10(3)31)4-11(32)19(40)24(45)20(41)12(4)33;1-16(14-18-9-5-3-6-10-18)13-17(2)15-19-11-7-4-8-12-19;1-3-5-4-2;2*3-1-2-4;;;;;/h;3-12,16-17H,13-15H2,1-2H3;3-4H2,1-2H3;2*1-4H2;2*1H3;1H;;/q-1;;;;;2*-1;;2*+2/p-1. The van der Waals surface area contributed by atoms with E-state index in [0.717, 1.165) is 25.0 Å². The largest absolute Gasteiger partial charge is 2.00 e. The minimum atomic E-state index is -7.22. The molecule has 0 aliphatic rings. The molecule has 0 aromatic heterocycles. The summed E-state index contributed by atoms with van der Waals surface area (Å²) >= 11 is 0. The van der Waals surface area contributed by atoms with E-state index in [1.807, 2.05) is 13.8 Å². The van der Waals surface area contributed by atoms with E-state index in [9.17, 15) is 52.7 Å². The van der Waals surface area contributed by atoms with Crippen LogP contribution in [0, 0.1) is 143 Å². The third-order valence-electron chi connectivity index (χ3n) is 11.1. The Bertz CT molecular complexity index is 2470. The summed E-state index contributed by atoms with van der Waals surface area (Å²) in [5, 5.41) is 0. The van der Waals surface area contributed by atoms with Gasteiger partial charge in [0.05, 0.1) is 0 Å². The fourth-order valence-electron chi connectivity index (χ4n) is 7.96. The van der Waals surface area contributed by atoms with Crippen molar-refractivity contribution in [1.29, 1.82) is 0 Å². The molecule has 5 nitrogen and oxygen atoms in total. The van der Waals surface area contributed by atoms with E-state index in [-0.39, 0.29) is 61.4 Å². The Morgan fingerprint density at radius 1 is 0.354 bits per heavy atom. The molecule has 0 saturated carbocycles. The van der Waals surface area contributed by atoms with Gasteiger partial charge in [0.15, 0.2) is 69.8 Å². The molecule has 6 rings (SSSR count). The molecular weight excluding hydrogens is 1250 g/mol. The van der Waals surface area contributed by atoms with Crippen molar-refractivity contribution >= 4 is 28.0 Å². The van der Waals surface area contributed by atoms with Crippen LogP contribution in [0.25, 0.3) is 0 Å². The molecule has 6 aromatic rings. The molecule has 29 heteroatoms. The van der Waals surface area contributed by atoms with E-state index in [0.29, 0.717) is 26.2 Å². The van der Waals surface area contributed by atoms with E-state index in [2.05, 4.69) is 74.5 Å². The smallest absolute Gasteiger partial charge is 1.00 e. The van der Waals surface area contributed by atoms with Crippen molar-refractivity contribution in [3.05, 3.63) is 203 Å². The van der Waals surface area contributed by atoms with Crippen molar-refractivity contribution < 1.29 is 139 Å². The summed E-state index contributed by atoms with van der Waals surface area (Å²) in [4.78, 5) is 0. The average molecular weight is 1300 g/mol. The molecule has 0 fully saturated rings. The normalized spacial score (nSPS) is 11.1. The summed E-state index contributed by atoms with van der Waals surface area (Å²) in [6.07, 6.45) is -3.53. The van der Waals surface area contributed by atoms with Crippen molar-refractivity contribution in [2.24, 2.45) is 34.8 Å². The Morgan fingerprint density at radius 3 is 0.671 bits per heavy atom. The van der Waals surface area contributed by atoms with E-state index in [4.69, 9.17) is 27.7 Å². The Hall–Kier alpha value is -4.89. The number of hydrogen-bond acceptors (Lipinski definition) is 5. The Labute approximate surface area is 489 Å². The quantitative estimate of drug-likeness (QED) is 0.0294. The molecular formula is C53H56BClCoCrF20N4O. The number of ether oxygens (including phenoxy) is 1. The molecule has 459 valence electrons.